The minimum atomic E-state index is -0.314. The van der Waals surface area contributed by atoms with Crippen LogP contribution in [0.5, 0.6) is 0 Å². The van der Waals surface area contributed by atoms with Crippen molar-refractivity contribution in [2.75, 3.05) is 11.1 Å². The molecule has 0 unspecified atom stereocenters. The lowest BCUT2D eigenvalue weighted by atomic mass is 10.2. The SMILES string of the molecule is Cc1cc(F)ccc1NC(=O)CSc1ccccc1Cl. The second-order valence-corrected chi connectivity index (χ2v) is 5.65. The second kappa shape index (κ2) is 6.77. The maximum absolute atomic E-state index is 13.0. The second-order valence-electron chi connectivity index (χ2n) is 4.23. The highest BCUT2D eigenvalue weighted by Gasteiger charge is 2.07. The standard InChI is InChI=1S/C15H13ClFNOS/c1-10-8-11(17)6-7-13(10)18-15(19)9-20-14-5-3-2-4-12(14)16/h2-8H,9H2,1H3,(H,18,19). The average molecular weight is 310 g/mol. The molecule has 0 spiro atoms. The summed E-state index contributed by atoms with van der Waals surface area (Å²) >= 11 is 7.38. The first kappa shape index (κ1) is 14.9. The number of hydrogen-bond acceptors (Lipinski definition) is 2. The fraction of sp³-hybridized carbons (Fsp3) is 0.133. The van der Waals surface area contributed by atoms with E-state index in [-0.39, 0.29) is 17.5 Å². The van der Waals surface area contributed by atoms with E-state index in [0.29, 0.717) is 16.3 Å². The van der Waals surface area contributed by atoms with Crippen LogP contribution >= 0.6 is 23.4 Å². The van der Waals surface area contributed by atoms with Crippen LogP contribution in [-0.2, 0) is 4.79 Å². The van der Waals surface area contributed by atoms with Crippen LogP contribution in [0.4, 0.5) is 10.1 Å². The Hall–Kier alpha value is -1.52. The van der Waals surface area contributed by atoms with E-state index in [2.05, 4.69) is 5.32 Å². The maximum atomic E-state index is 13.0. The van der Waals surface area contributed by atoms with Crippen LogP contribution in [0.15, 0.2) is 47.4 Å². The molecule has 5 heteroatoms. The van der Waals surface area contributed by atoms with Crippen LogP contribution in [-0.4, -0.2) is 11.7 Å². The fourth-order valence-electron chi connectivity index (χ4n) is 1.66. The predicted octanol–water partition coefficient (Wildman–Crippen LogP) is 4.52. The molecule has 0 atom stereocenters. The van der Waals surface area contributed by atoms with E-state index < -0.39 is 0 Å². The van der Waals surface area contributed by atoms with Gasteiger partial charge in [0.1, 0.15) is 5.82 Å². The third kappa shape index (κ3) is 3.99. The molecule has 2 aromatic rings. The highest BCUT2D eigenvalue weighted by Crippen LogP contribution is 2.26. The molecule has 104 valence electrons. The van der Waals surface area contributed by atoms with Crippen LogP contribution in [0.1, 0.15) is 5.56 Å². The summed E-state index contributed by atoms with van der Waals surface area (Å²) in [6, 6.07) is 11.6. The third-order valence-electron chi connectivity index (χ3n) is 2.66. The molecule has 0 bridgehead atoms. The van der Waals surface area contributed by atoms with Crippen molar-refractivity contribution in [3.05, 3.63) is 58.9 Å². The minimum Gasteiger partial charge on any atom is -0.325 e. The number of anilines is 1. The molecule has 2 nitrogen and oxygen atoms in total. The molecule has 0 heterocycles. The Kier molecular flexibility index (Phi) is 5.04. The van der Waals surface area contributed by atoms with E-state index in [0.717, 1.165) is 4.90 Å². The number of hydrogen-bond donors (Lipinski definition) is 1. The topological polar surface area (TPSA) is 29.1 Å². The van der Waals surface area contributed by atoms with Crippen molar-refractivity contribution in [1.82, 2.24) is 0 Å². The third-order valence-corrected chi connectivity index (χ3v) is 4.17. The van der Waals surface area contributed by atoms with Gasteiger partial charge in [0.05, 0.1) is 10.8 Å². The molecule has 0 aliphatic heterocycles. The summed E-state index contributed by atoms with van der Waals surface area (Å²) in [6.07, 6.45) is 0. The van der Waals surface area contributed by atoms with Crippen LogP contribution in [0.2, 0.25) is 5.02 Å². The van der Waals surface area contributed by atoms with Gasteiger partial charge in [-0.15, -0.1) is 11.8 Å². The number of carbonyl (C=O) groups is 1. The lowest BCUT2D eigenvalue weighted by Crippen LogP contribution is -2.14. The zero-order chi connectivity index (χ0) is 14.5. The summed E-state index contributed by atoms with van der Waals surface area (Å²) in [7, 11) is 0. The van der Waals surface area contributed by atoms with Gasteiger partial charge in [-0.3, -0.25) is 4.79 Å². The van der Waals surface area contributed by atoms with Gasteiger partial charge < -0.3 is 5.32 Å². The number of thioether (sulfide) groups is 1. The van der Waals surface area contributed by atoms with Crippen molar-refractivity contribution in [3.63, 3.8) is 0 Å². The molecule has 0 fully saturated rings. The first-order chi connectivity index (χ1) is 9.56. The molecule has 0 saturated carbocycles. The highest BCUT2D eigenvalue weighted by atomic mass is 35.5. The first-order valence-corrected chi connectivity index (χ1v) is 7.36. The summed E-state index contributed by atoms with van der Waals surface area (Å²) in [4.78, 5) is 12.7. The van der Waals surface area contributed by atoms with E-state index in [9.17, 15) is 9.18 Å². The lowest BCUT2D eigenvalue weighted by Gasteiger charge is -2.08. The van der Waals surface area contributed by atoms with Gasteiger partial charge in [-0.05, 0) is 42.8 Å². The highest BCUT2D eigenvalue weighted by molar-refractivity contribution is 8.00. The quantitative estimate of drug-likeness (QED) is 0.841. The van der Waals surface area contributed by atoms with Gasteiger partial charge in [0.15, 0.2) is 0 Å². The van der Waals surface area contributed by atoms with E-state index in [4.69, 9.17) is 11.6 Å². The minimum absolute atomic E-state index is 0.148. The summed E-state index contributed by atoms with van der Waals surface area (Å²) in [5, 5.41) is 3.39. The molecular formula is C15H13ClFNOS. The van der Waals surface area contributed by atoms with Crippen molar-refractivity contribution in [2.24, 2.45) is 0 Å². The lowest BCUT2D eigenvalue weighted by molar-refractivity contribution is -0.113. The summed E-state index contributed by atoms with van der Waals surface area (Å²) in [5.41, 5.74) is 1.32. The van der Waals surface area contributed by atoms with E-state index >= 15 is 0 Å². The molecule has 1 amide bonds. The molecule has 20 heavy (non-hydrogen) atoms. The number of nitrogens with one attached hydrogen (secondary N) is 1. The number of benzene rings is 2. The molecule has 2 aromatic carbocycles. The molecule has 2 rings (SSSR count). The Morgan fingerprint density at radius 1 is 1.30 bits per heavy atom. The number of halogens is 2. The van der Waals surface area contributed by atoms with Crippen molar-refractivity contribution < 1.29 is 9.18 Å². The average Bonchev–Trinajstić information content (AvgIpc) is 2.41. The predicted molar refractivity (Wildman–Crippen MR) is 81.9 cm³/mol. The summed E-state index contributed by atoms with van der Waals surface area (Å²) in [5.74, 6) is -0.212. The Morgan fingerprint density at radius 3 is 2.75 bits per heavy atom. The van der Waals surface area contributed by atoms with Gasteiger partial charge in [-0.2, -0.15) is 0 Å². The van der Waals surface area contributed by atoms with Gasteiger partial charge in [-0.25, -0.2) is 4.39 Å². The van der Waals surface area contributed by atoms with Gasteiger partial charge in [0, 0.05) is 10.6 Å². The van der Waals surface area contributed by atoms with Crippen LogP contribution < -0.4 is 5.32 Å². The fourth-order valence-corrected chi connectivity index (χ4v) is 2.70. The Morgan fingerprint density at radius 2 is 2.05 bits per heavy atom. The molecule has 0 aromatic heterocycles. The molecule has 0 radical (unpaired) electrons. The van der Waals surface area contributed by atoms with Crippen LogP contribution in [0, 0.1) is 12.7 Å². The van der Waals surface area contributed by atoms with Crippen LogP contribution in [0.25, 0.3) is 0 Å². The van der Waals surface area contributed by atoms with E-state index in [1.54, 1.807) is 19.1 Å². The van der Waals surface area contributed by atoms with Crippen molar-refractivity contribution >= 4 is 35.0 Å². The Bertz CT molecular complexity index is 633. The summed E-state index contributed by atoms with van der Waals surface area (Å²) < 4.78 is 13.0. The van der Waals surface area contributed by atoms with Crippen LogP contribution in [0.3, 0.4) is 0 Å². The molecule has 0 saturated heterocycles. The summed E-state index contributed by atoms with van der Waals surface area (Å²) in [6.45, 7) is 1.75. The monoisotopic (exact) mass is 309 g/mol. The Labute approximate surface area is 126 Å². The maximum Gasteiger partial charge on any atom is 0.234 e. The zero-order valence-corrected chi connectivity index (χ0v) is 12.4. The van der Waals surface area contributed by atoms with Gasteiger partial charge >= 0.3 is 0 Å². The van der Waals surface area contributed by atoms with E-state index in [1.165, 1.54) is 23.9 Å². The Balaban J connectivity index is 1.94. The van der Waals surface area contributed by atoms with Crippen molar-refractivity contribution in [1.29, 1.82) is 0 Å². The van der Waals surface area contributed by atoms with Crippen molar-refractivity contribution in [2.45, 2.75) is 11.8 Å². The molecular weight excluding hydrogens is 297 g/mol. The number of rotatable bonds is 4. The van der Waals surface area contributed by atoms with Gasteiger partial charge in [-0.1, -0.05) is 23.7 Å². The van der Waals surface area contributed by atoms with E-state index in [1.807, 2.05) is 18.2 Å². The zero-order valence-electron chi connectivity index (χ0n) is 10.8. The number of carbonyl (C=O) groups excluding carboxylic acids is 1. The molecule has 1 N–H and O–H groups in total. The largest absolute Gasteiger partial charge is 0.325 e. The number of amides is 1. The van der Waals surface area contributed by atoms with Crippen molar-refractivity contribution in [3.8, 4) is 0 Å². The normalized spacial score (nSPS) is 10.3. The molecule has 0 aliphatic carbocycles. The smallest absolute Gasteiger partial charge is 0.234 e. The number of aryl methyl sites for hydroxylation is 1. The van der Waals surface area contributed by atoms with Gasteiger partial charge in [0.25, 0.3) is 0 Å². The van der Waals surface area contributed by atoms with Gasteiger partial charge in [0.2, 0.25) is 5.91 Å². The molecule has 0 aliphatic rings. The first-order valence-electron chi connectivity index (χ1n) is 5.99.